The minimum absolute atomic E-state index is 0.184. The van der Waals surface area contributed by atoms with Crippen molar-refractivity contribution in [3.05, 3.63) is 53.6 Å². The van der Waals surface area contributed by atoms with Gasteiger partial charge < -0.3 is 20.1 Å². The summed E-state index contributed by atoms with van der Waals surface area (Å²) in [5, 5.41) is 14.0. The Morgan fingerprint density at radius 3 is 2.56 bits per heavy atom. The molecule has 2 aromatic rings. The van der Waals surface area contributed by atoms with Crippen molar-refractivity contribution in [2.75, 3.05) is 18.7 Å². The molecule has 8 heteroatoms. The van der Waals surface area contributed by atoms with Crippen LogP contribution in [0.3, 0.4) is 0 Å². The molecule has 2 aromatic carbocycles. The van der Waals surface area contributed by atoms with Gasteiger partial charge in [-0.3, -0.25) is 10.0 Å². The summed E-state index contributed by atoms with van der Waals surface area (Å²) < 4.78 is 10.5. The first kappa shape index (κ1) is 16.6. The number of nitrogens with one attached hydrogen (secondary N) is 3. The molecule has 0 fully saturated rings. The third-order valence-electron chi connectivity index (χ3n) is 3.65. The number of fused-ring (bicyclic) bond motifs is 1. The molecular weight excluding hydrogens is 326 g/mol. The van der Waals surface area contributed by atoms with Crippen molar-refractivity contribution >= 4 is 17.6 Å². The normalized spacial score (nSPS) is 11.7. The summed E-state index contributed by atoms with van der Waals surface area (Å²) in [6, 6.07) is 11.6. The Labute approximate surface area is 143 Å². The van der Waals surface area contributed by atoms with Gasteiger partial charge in [-0.05, 0) is 36.2 Å². The van der Waals surface area contributed by atoms with Gasteiger partial charge in [0.2, 0.25) is 6.79 Å². The van der Waals surface area contributed by atoms with Gasteiger partial charge in [0.25, 0.3) is 5.91 Å². The van der Waals surface area contributed by atoms with Gasteiger partial charge >= 0.3 is 6.03 Å². The Morgan fingerprint density at radius 1 is 1.04 bits per heavy atom. The molecule has 0 saturated heterocycles. The molecule has 1 aliphatic rings. The first-order valence-corrected chi connectivity index (χ1v) is 7.63. The van der Waals surface area contributed by atoms with E-state index in [9.17, 15) is 9.59 Å². The highest BCUT2D eigenvalue weighted by Gasteiger charge is 2.14. The van der Waals surface area contributed by atoms with Crippen molar-refractivity contribution in [2.45, 2.75) is 6.42 Å². The second kappa shape index (κ2) is 7.54. The topological polar surface area (TPSA) is 109 Å². The molecule has 3 rings (SSSR count). The molecule has 0 radical (unpaired) electrons. The van der Waals surface area contributed by atoms with E-state index in [4.69, 9.17) is 14.7 Å². The van der Waals surface area contributed by atoms with Crippen molar-refractivity contribution in [3.8, 4) is 11.5 Å². The standard InChI is InChI=1S/C17H17N3O5/c21-16(20-23)12-3-1-11(2-4-12)7-8-18-17(22)19-13-5-6-14-15(9-13)25-10-24-14/h1-6,9,23H,7-8,10H2,(H,20,21)(H2,18,19,22). The number of carbonyl (C=O) groups is 2. The number of benzene rings is 2. The van der Waals surface area contributed by atoms with Crippen molar-refractivity contribution in [2.24, 2.45) is 0 Å². The minimum atomic E-state index is -0.562. The van der Waals surface area contributed by atoms with Crippen LogP contribution in [0.4, 0.5) is 10.5 Å². The highest BCUT2D eigenvalue weighted by Crippen LogP contribution is 2.34. The predicted octanol–water partition coefficient (Wildman–Crippen LogP) is 1.90. The molecule has 0 unspecified atom stereocenters. The van der Waals surface area contributed by atoms with E-state index in [1.165, 1.54) is 0 Å². The summed E-state index contributed by atoms with van der Waals surface area (Å²) in [4.78, 5) is 23.1. The SMILES string of the molecule is O=C(NCCc1ccc(C(=O)NO)cc1)Nc1ccc2c(c1)OCO2. The average molecular weight is 343 g/mol. The molecule has 4 N–H and O–H groups in total. The second-order valence-electron chi connectivity index (χ2n) is 5.34. The van der Waals surface area contributed by atoms with Gasteiger partial charge in [-0.25, -0.2) is 10.3 Å². The first-order chi connectivity index (χ1) is 12.2. The second-order valence-corrected chi connectivity index (χ2v) is 5.34. The number of hydrogen-bond donors (Lipinski definition) is 4. The Balaban J connectivity index is 1.45. The minimum Gasteiger partial charge on any atom is -0.454 e. The molecule has 0 atom stereocenters. The highest BCUT2D eigenvalue weighted by atomic mass is 16.7. The monoisotopic (exact) mass is 343 g/mol. The molecule has 1 aliphatic heterocycles. The zero-order chi connectivity index (χ0) is 17.6. The predicted molar refractivity (Wildman–Crippen MR) is 89.0 cm³/mol. The molecule has 0 bridgehead atoms. The number of urea groups is 1. The van der Waals surface area contributed by atoms with Gasteiger partial charge in [-0.15, -0.1) is 0 Å². The van der Waals surface area contributed by atoms with E-state index in [1.807, 2.05) is 0 Å². The number of rotatable bonds is 5. The summed E-state index contributed by atoms with van der Waals surface area (Å²) in [6.07, 6.45) is 0.607. The zero-order valence-corrected chi connectivity index (χ0v) is 13.2. The molecule has 25 heavy (non-hydrogen) atoms. The molecule has 130 valence electrons. The number of anilines is 1. The number of ether oxygens (including phenoxy) is 2. The van der Waals surface area contributed by atoms with Crippen LogP contribution in [-0.4, -0.2) is 30.5 Å². The third kappa shape index (κ3) is 4.18. The van der Waals surface area contributed by atoms with Gasteiger partial charge in [0, 0.05) is 23.9 Å². The summed E-state index contributed by atoms with van der Waals surface area (Å²) >= 11 is 0. The maximum absolute atomic E-state index is 11.9. The molecule has 0 saturated carbocycles. The van der Waals surface area contributed by atoms with E-state index in [2.05, 4.69) is 10.6 Å². The molecule has 0 aliphatic carbocycles. The van der Waals surface area contributed by atoms with E-state index in [-0.39, 0.29) is 12.8 Å². The van der Waals surface area contributed by atoms with Gasteiger partial charge in [0.05, 0.1) is 0 Å². The van der Waals surface area contributed by atoms with E-state index < -0.39 is 5.91 Å². The average Bonchev–Trinajstić information content (AvgIpc) is 3.09. The lowest BCUT2D eigenvalue weighted by atomic mass is 10.1. The summed E-state index contributed by atoms with van der Waals surface area (Å²) in [7, 11) is 0. The fourth-order valence-corrected chi connectivity index (χ4v) is 2.36. The molecule has 8 nitrogen and oxygen atoms in total. The van der Waals surface area contributed by atoms with E-state index in [1.54, 1.807) is 47.9 Å². The fourth-order valence-electron chi connectivity index (χ4n) is 2.36. The third-order valence-corrected chi connectivity index (χ3v) is 3.65. The number of carbonyl (C=O) groups excluding carboxylic acids is 2. The summed E-state index contributed by atoms with van der Waals surface area (Å²) in [5.41, 5.74) is 3.51. The Hall–Kier alpha value is -3.26. The quantitative estimate of drug-likeness (QED) is 0.490. The fraction of sp³-hybridized carbons (Fsp3) is 0.176. The number of hydrogen-bond acceptors (Lipinski definition) is 5. The van der Waals surface area contributed by atoms with E-state index >= 15 is 0 Å². The van der Waals surface area contributed by atoms with Gasteiger partial charge in [0.15, 0.2) is 11.5 Å². The van der Waals surface area contributed by atoms with Crippen LogP contribution in [0.25, 0.3) is 0 Å². The zero-order valence-electron chi connectivity index (χ0n) is 13.2. The van der Waals surface area contributed by atoms with Crippen LogP contribution in [0.1, 0.15) is 15.9 Å². The van der Waals surface area contributed by atoms with Crippen molar-refractivity contribution < 1.29 is 24.3 Å². The lowest BCUT2D eigenvalue weighted by Gasteiger charge is -2.08. The number of amides is 3. The van der Waals surface area contributed by atoms with E-state index in [0.29, 0.717) is 35.7 Å². The van der Waals surface area contributed by atoms with Crippen molar-refractivity contribution in [1.29, 1.82) is 0 Å². The Morgan fingerprint density at radius 2 is 1.80 bits per heavy atom. The maximum Gasteiger partial charge on any atom is 0.319 e. The molecule has 3 amide bonds. The van der Waals surface area contributed by atoms with Crippen LogP contribution in [0.2, 0.25) is 0 Å². The van der Waals surface area contributed by atoms with Crippen LogP contribution >= 0.6 is 0 Å². The molecule has 1 heterocycles. The first-order valence-electron chi connectivity index (χ1n) is 7.63. The smallest absolute Gasteiger partial charge is 0.319 e. The Kier molecular flexibility index (Phi) is 5.00. The maximum atomic E-state index is 11.9. The van der Waals surface area contributed by atoms with Crippen LogP contribution in [0, 0.1) is 0 Å². The Bertz CT molecular complexity index is 776. The largest absolute Gasteiger partial charge is 0.454 e. The van der Waals surface area contributed by atoms with Gasteiger partial charge in [-0.2, -0.15) is 0 Å². The van der Waals surface area contributed by atoms with Crippen LogP contribution < -0.4 is 25.6 Å². The summed E-state index contributed by atoms with van der Waals surface area (Å²) in [5.74, 6) is 0.696. The van der Waals surface area contributed by atoms with Crippen LogP contribution in [0.15, 0.2) is 42.5 Å². The van der Waals surface area contributed by atoms with Crippen molar-refractivity contribution in [3.63, 3.8) is 0 Å². The van der Waals surface area contributed by atoms with E-state index in [0.717, 1.165) is 5.56 Å². The van der Waals surface area contributed by atoms with Crippen LogP contribution in [-0.2, 0) is 6.42 Å². The van der Waals surface area contributed by atoms with Gasteiger partial charge in [0.1, 0.15) is 0 Å². The lowest BCUT2D eigenvalue weighted by molar-refractivity contribution is 0.0706. The lowest BCUT2D eigenvalue weighted by Crippen LogP contribution is -2.30. The molecule has 0 aromatic heterocycles. The number of hydroxylamine groups is 1. The highest BCUT2D eigenvalue weighted by molar-refractivity contribution is 5.93. The molecular formula is C17H17N3O5. The molecule has 0 spiro atoms. The van der Waals surface area contributed by atoms with Crippen molar-refractivity contribution in [1.82, 2.24) is 10.8 Å². The van der Waals surface area contributed by atoms with Gasteiger partial charge in [-0.1, -0.05) is 12.1 Å². The van der Waals surface area contributed by atoms with Crippen LogP contribution in [0.5, 0.6) is 11.5 Å². The summed E-state index contributed by atoms with van der Waals surface area (Å²) in [6.45, 7) is 0.617.